The van der Waals surface area contributed by atoms with Crippen molar-refractivity contribution in [2.24, 2.45) is 23.8 Å². The lowest BCUT2D eigenvalue weighted by atomic mass is 10.0. The van der Waals surface area contributed by atoms with Crippen LogP contribution in [-0.2, 0) is 17.1 Å². The number of hydrogen-bond acceptors (Lipinski definition) is 7. The molecule has 1 aliphatic rings. The lowest BCUT2D eigenvalue weighted by Gasteiger charge is -2.08. The second-order valence-electron chi connectivity index (χ2n) is 9.60. The van der Waals surface area contributed by atoms with E-state index in [1.165, 1.54) is 34.6 Å². The van der Waals surface area contributed by atoms with E-state index in [1.54, 1.807) is 19.3 Å². The first-order valence-corrected chi connectivity index (χ1v) is 12.5. The second-order valence-corrected chi connectivity index (χ2v) is 11.6. The molecule has 0 spiro atoms. The molecule has 4 rings (SSSR count). The van der Waals surface area contributed by atoms with Crippen molar-refractivity contribution in [3.8, 4) is 11.7 Å². The van der Waals surface area contributed by atoms with Crippen LogP contribution >= 0.6 is 11.6 Å². The van der Waals surface area contributed by atoms with Crippen LogP contribution in [0, 0.1) is 23.7 Å². The zero-order chi connectivity index (χ0) is 25.1. The highest BCUT2D eigenvalue weighted by molar-refractivity contribution is 7.90. The zero-order valence-corrected chi connectivity index (χ0v) is 21.4. The first-order valence-electron chi connectivity index (χ1n) is 10.7. The summed E-state index contributed by atoms with van der Waals surface area (Å²) in [7, 11) is -2.53. The minimum Gasteiger partial charge on any atom is -0.476 e. The average Bonchev–Trinajstić information content (AvgIpc) is 3.16. The molecule has 12 heteroatoms. The molecular formula is C22H27ClN6O4S. The van der Waals surface area contributed by atoms with Crippen molar-refractivity contribution in [3.63, 3.8) is 0 Å². The van der Waals surface area contributed by atoms with Gasteiger partial charge in [0.15, 0.2) is 5.82 Å². The zero-order valence-electron chi connectivity index (χ0n) is 19.8. The summed E-state index contributed by atoms with van der Waals surface area (Å²) in [5.74, 6) is 0.347. The van der Waals surface area contributed by atoms with Crippen LogP contribution in [0.1, 0.15) is 43.7 Å². The summed E-state index contributed by atoms with van der Waals surface area (Å²) in [4.78, 5) is 16.7. The molecule has 10 nitrogen and oxygen atoms in total. The molecule has 1 aliphatic carbocycles. The SMILES string of the molecule is Cc1nn(C)cc1S(=O)(=O)NC(=O)c1ccc(-n2ccc(OCC3C(C)(C)C3(C)C)n2)nc1Cl. The van der Waals surface area contributed by atoms with Crippen molar-refractivity contribution in [3.05, 3.63) is 47.0 Å². The van der Waals surface area contributed by atoms with Gasteiger partial charge < -0.3 is 4.74 Å². The molecule has 0 saturated heterocycles. The van der Waals surface area contributed by atoms with E-state index >= 15 is 0 Å². The van der Waals surface area contributed by atoms with Crippen molar-refractivity contribution in [2.45, 2.75) is 39.5 Å². The van der Waals surface area contributed by atoms with Gasteiger partial charge >= 0.3 is 0 Å². The van der Waals surface area contributed by atoms with Crippen molar-refractivity contribution >= 4 is 27.5 Å². The minimum absolute atomic E-state index is 0.0858. The lowest BCUT2D eigenvalue weighted by Crippen LogP contribution is -2.31. The molecule has 3 aromatic rings. The smallest absolute Gasteiger partial charge is 0.268 e. The maximum atomic E-state index is 12.6. The molecule has 0 unspecified atom stereocenters. The molecule has 0 atom stereocenters. The standard InChI is InChI=1S/C22H27ClN6O4S/c1-13-15(11-28(6)25-13)34(31,32)27-20(30)14-7-8-17(24-19(14)23)29-10-9-18(26-29)33-12-16-21(2,3)22(16,4)5/h7-11,16H,12H2,1-6H3,(H,27,30). The van der Waals surface area contributed by atoms with Gasteiger partial charge in [0.25, 0.3) is 15.9 Å². The van der Waals surface area contributed by atoms with E-state index in [-0.39, 0.29) is 32.1 Å². The third kappa shape index (κ3) is 4.18. The molecule has 1 fully saturated rings. The fourth-order valence-corrected chi connectivity index (χ4v) is 5.65. The van der Waals surface area contributed by atoms with Crippen molar-refractivity contribution in [2.75, 3.05) is 6.61 Å². The molecule has 0 aliphatic heterocycles. The number of nitrogens with one attached hydrogen (secondary N) is 1. The van der Waals surface area contributed by atoms with E-state index < -0.39 is 15.9 Å². The number of sulfonamides is 1. The summed E-state index contributed by atoms with van der Waals surface area (Å²) in [5.41, 5.74) is 0.611. The predicted molar refractivity (Wildman–Crippen MR) is 126 cm³/mol. The Labute approximate surface area is 203 Å². The molecule has 1 saturated carbocycles. The molecule has 0 bridgehead atoms. The molecule has 1 amide bonds. The van der Waals surface area contributed by atoms with Gasteiger partial charge in [0, 0.05) is 31.4 Å². The number of pyridine rings is 1. The topological polar surface area (TPSA) is 121 Å². The van der Waals surface area contributed by atoms with Gasteiger partial charge in [0.05, 0.1) is 17.9 Å². The Morgan fingerprint density at radius 3 is 2.41 bits per heavy atom. The normalized spacial score (nSPS) is 16.9. The van der Waals surface area contributed by atoms with Crippen molar-refractivity contribution < 1.29 is 17.9 Å². The Balaban J connectivity index is 1.45. The van der Waals surface area contributed by atoms with Crippen LogP contribution in [0.25, 0.3) is 5.82 Å². The fraction of sp³-hybridized carbons (Fsp3) is 0.455. The third-order valence-corrected chi connectivity index (χ3v) is 8.80. The quantitative estimate of drug-likeness (QED) is 0.488. The van der Waals surface area contributed by atoms with Crippen LogP contribution in [0.3, 0.4) is 0 Å². The minimum atomic E-state index is -4.12. The number of aromatic nitrogens is 5. The molecule has 34 heavy (non-hydrogen) atoms. The summed E-state index contributed by atoms with van der Waals surface area (Å²) in [6.45, 7) is 11.0. The third-order valence-electron chi connectivity index (χ3n) is 7.08. The Morgan fingerprint density at radius 2 is 1.85 bits per heavy atom. The van der Waals surface area contributed by atoms with E-state index in [9.17, 15) is 13.2 Å². The monoisotopic (exact) mass is 506 g/mol. The van der Waals surface area contributed by atoms with Crippen LogP contribution < -0.4 is 9.46 Å². The van der Waals surface area contributed by atoms with E-state index in [1.807, 2.05) is 4.72 Å². The van der Waals surface area contributed by atoms with Crippen LogP contribution in [0.5, 0.6) is 5.88 Å². The number of nitrogens with zero attached hydrogens (tertiary/aromatic N) is 5. The number of aryl methyl sites for hydroxylation is 2. The number of hydrogen-bond donors (Lipinski definition) is 1. The van der Waals surface area contributed by atoms with Gasteiger partial charge in [-0.05, 0) is 29.9 Å². The largest absolute Gasteiger partial charge is 0.476 e. The Hall–Kier alpha value is -2.92. The van der Waals surface area contributed by atoms with E-state index in [2.05, 4.69) is 42.9 Å². The highest BCUT2D eigenvalue weighted by Gasteiger charge is 2.64. The second kappa shape index (κ2) is 8.09. The Kier molecular flexibility index (Phi) is 5.76. The van der Waals surface area contributed by atoms with Crippen molar-refractivity contribution in [1.29, 1.82) is 0 Å². The molecule has 3 heterocycles. The number of amides is 1. The summed E-state index contributed by atoms with van der Waals surface area (Å²) >= 11 is 6.21. The lowest BCUT2D eigenvalue weighted by molar-refractivity contribution is 0.0981. The maximum Gasteiger partial charge on any atom is 0.268 e. The summed E-state index contributed by atoms with van der Waals surface area (Å²) < 4.78 is 35.8. The number of rotatable bonds is 7. The predicted octanol–water partition coefficient (Wildman–Crippen LogP) is 3.14. The van der Waals surface area contributed by atoms with Crippen LogP contribution in [0.2, 0.25) is 5.15 Å². The molecule has 182 valence electrons. The number of carbonyl (C=O) groups is 1. The molecule has 0 radical (unpaired) electrons. The van der Waals surface area contributed by atoms with Gasteiger partial charge in [0.2, 0.25) is 5.88 Å². The van der Waals surface area contributed by atoms with Gasteiger partial charge in [0.1, 0.15) is 10.0 Å². The van der Waals surface area contributed by atoms with Crippen molar-refractivity contribution in [1.82, 2.24) is 29.3 Å². The molecule has 0 aromatic carbocycles. The van der Waals surface area contributed by atoms with E-state index in [0.717, 1.165) is 0 Å². The van der Waals surface area contributed by atoms with Gasteiger partial charge in [-0.15, -0.1) is 5.10 Å². The molecule has 1 N–H and O–H groups in total. The fourth-order valence-electron chi connectivity index (χ4n) is 4.23. The Morgan fingerprint density at radius 1 is 1.18 bits per heavy atom. The average molecular weight is 507 g/mol. The molecular weight excluding hydrogens is 480 g/mol. The summed E-state index contributed by atoms with van der Waals surface area (Å²) in [5, 5.41) is 8.20. The Bertz CT molecular complexity index is 1360. The first kappa shape index (κ1) is 24.2. The first-order chi connectivity index (χ1) is 15.7. The van der Waals surface area contributed by atoms with Gasteiger partial charge in [-0.2, -0.15) is 5.10 Å². The van der Waals surface area contributed by atoms with Gasteiger partial charge in [-0.3, -0.25) is 9.48 Å². The number of ether oxygens (including phenoxy) is 1. The number of halogens is 1. The van der Waals surface area contributed by atoms with Gasteiger partial charge in [-0.1, -0.05) is 39.3 Å². The maximum absolute atomic E-state index is 12.6. The van der Waals surface area contributed by atoms with E-state index in [4.69, 9.17) is 16.3 Å². The molecule has 3 aromatic heterocycles. The highest BCUT2D eigenvalue weighted by atomic mass is 35.5. The summed E-state index contributed by atoms with van der Waals surface area (Å²) in [6.07, 6.45) is 2.99. The van der Waals surface area contributed by atoms with E-state index in [0.29, 0.717) is 24.2 Å². The van der Waals surface area contributed by atoms with Crippen LogP contribution in [-0.4, -0.2) is 45.5 Å². The summed E-state index contributed by atoms with van der Waals surface area (Å²) in [6, 6.07) is 4.64. The van der Waals surface area contributed by atoms with Crippen LogP contribution in [0.15, 0.2) is 35.5 Å². The number of carbonyl (C=O) groups excluding carboxylic acids is 1. The van der Waals surface area contributed by atoms with Crippen LogP contribution in [0.4, 0.5) is 0 Å². The highest BCUT2D eigenvalue weighted by Crippen LogP contribution is 2.68. The van der Waals surface area contributed by atoms with Gasteiger partial charge in [-0.25, -0.2) is 22.8 Å².